The molecular formula is C19H22N2O4S. The van der Waals surface area contributed by atoms with Crippen molar-refractivity contribution in [1.82, 2.24) is 0 Å². The van der Waals surface area contributed by atoms with Gasteiger partial charge in [-0.05, 0) is 38.3 Å². The second kappa shape index (κ2) is 8.62. The van der Waals surface area contributed by atoms with Gasteiger partial charge in [-0.2, -0.15) is 0 Å². The standard InChI is InChI=1S/C19H22N2O4S/c1-4-25-19(24)15-12(3)16(17(20)23)26-18(15)21-14(22)10-9-13-7-5-11(2)6-8-13/h5-8H,4,9-10H2,1-3H3,(H2,20,23)(H,21,22). The van der Waals surface area contributed by atoms with Gasteiger partial charge in [0.15, 0.2) is 0 Å². The number of anilines is 1. The van der Waals surface area contributed by atoms with Crippen LogP contribution >= 0.6 is 11.3 Å². The summed E-state index contributed by atoms with van der Waals surface area (Å²) in [5, 5.41) is 3.01. The molecular weight excluding hydrogens is 352 g/mol. The highest BCUT2D eigenvalue weighted by molar-refractivity contribution is 7.18. The molecule has 0 saturated heterocycles. The first kappa shape index (κ1) is 19.7. The van der Waals surface area contributed by atoms with E-state index in [2.05, 4.69) is 5.32 Å². The van der Waals surface area contributed by atoms with Gasteiger partial charge in [-0.15, -0.1) is 11.3 Å². The maximum absolute atomic E-state index is 12.3. The molecule has 2 amide bonds. The lowest BCUT2D eigenvalue weighted by molar-refractivity contribution is -0.116. The molecule has 1 aromatic carbocycles. The van der Waals surface area contributed by atoms with Crippen LogP contribution in [-0.2, 0) is 16.0 Å². The van der Waals surface area contributed by atoms with E-state index in [1.807, 2.05) is 31.2 Å². The van der Waals surface area contributed by atoms with Gasteiger partial charge in [0.1, 0.15) is 5.00 Å². The second-order valence-corrected chi connectivity index (χ2v) is 6.90. The van der Waals surface area contributed by atoms with E-state index in [-0.39, 0.29) is 29.4 Å². The number of thiophene rings is 1. The van der Waals surface area contributed by atoms with Gasteiger partial charge in [0.05, 0.1) is 17.0 Å². The summed E-state index contributed by atoms with van der Waals surface area (Å²) in [7, 11) is 0. The Kier molecular flexibility index (Phi) is 6.52. The molecule has 0 spiro atoms. The molecule has 0 saturated carbocycles. The van der Waals surface area contributed by atoms with Crippen LogP contribution in [0, 0.1) is 13.8 Å². The summed E-state index contributed by atoms with van der Waals surface area (Å²) < 4.78 is 5.03. The first-order valence-electron chi connectivity index (χ1n) is 8.29. The third kappa shape index (κ3) is 4.70. The van der Waals surface area contributed by atoms with Gasteiger partial charge < -0.3 is 15.8 Å². The largest absolute Gasteiger partial charge is 0.462 e. The third-order valence-corrected chi connectivity index (χ3v) is 5.09. The summed E-state index contributed by atoms with van der Waals surface area (Å²) in [5.74, 6) is -1.46. The summed E-state index contributed by atoms with van der Waals surface area (Å²) in [6.07, 6.45) is 0.835. The number of aryl methyl sites for hydroxylation is 2. The highest BCUT2D eigenvalue weighted by Crippen LogP contribution is 2.33. The summed E-state index contributed by atoms with van der Waals surface area (Å²) in [5.41, 5.74) is 8.18. The molecule has 0 atom stereocenters. The minimum Gasteiger partial charge on any atom is -0.462 e. The maximum atomic E-state index is 12.3. The normalized spacial score (nSPS) is 10.4. The van der Waals surface area contributed by atoms with Crippen molar-refractivity contribution in [3.05, 3.63) is 51.4 Å². The topological polar surface area (TPSA) is 98.5 Å². The fourth-order valence-corrected chi connectivity index (χ4v) is 3.55. The fraction of sp³-hybridized carbons (Fsp3) is 0.316. The SMILES string of the molecule is CCOC(=O)c1c(NC(=O)CCc2ccc(C)cc2)sc(C(N)=O)c1C. The first-order chi connectivity index (χ1) is 12.3. The summed E-state index contributed by atoms with van der Waals surface area (Å²) in [6, 6.07) is 7.95. The molecule has 0 bridgehead atoms. The number of benzene rings is 1. The molecule has 2 rings (SSSR count). The number of hydrogen-bond donors (Lipinski definition) is 2. The first-order valence-corrected chi connectivity index (χ1v) is 9.10. The van der Waals surface area contributed by atoms with E-state index in [4.69, 9.17) is 10.5 Å². The van der Waals surface area contributed by atoms with E-state index in [1.54, 1.807) is 13.8 Å². The van der Waals surface area contributed by atoms with Crippen LogP contribution in [0.2, 0.25) is 0 Å². The van der Waals surface area contributed by atoms with E-state index in [9.17, 15) is 14.4 Å². The monoisotopic (exact) mass is 374 g/mol. The molecule has 6 nitrogen and oxygen atoms in total. The minimum atomic E-state index is -0.641. The number of nitrogens with one attached hydrogen (secondary N) is 1. The number of carbonyl (C=O) groups excluding carboxylic acids is 3. The molecule has 2 aromatic rings. The van der Waals surface area contributed by atoms with E-state index in [1.165, 1.54) is 0 Å². The lowest BCUT2D eigenvalue weighted by Crippen LogP contribution is -2.15. The number of amides is 2. The van der Waals surface area contributed by atoms with Gasteiger partial charge in [-0.25, -0.2) is 4.79 Å². The lowest BCUT2D eigenvalue weighted by atomic mass is 10.1. The van der Waals surface area contributed by atoms with Crippen LogP contribution < -0.4 is 11.1 Å². The van der Waals surface area contributed by atoms with E-state index < -0.39 is 11.9 Å². The molecule has 0 unspecified atom stereocenters. The quantitative estimate of drug-likeness (QED) is 0.727. The average Bonchev–Trinajstić information content (AvgIpc) is 2.91. The highest BCUT2D eigenvalue weighted by atomic mass is 32.1. The van der Waals surface area contributed by atoms with Crippen LogP contribution in [0.15, 0.2) is 24.3 Å². The van der Waals surface area contributed by atoms with E-state index >= 15 is 0 Å². The molecule has 26 heavy (non-hydrogen) atoms. The number of primary amides is 1. The third-order valence-electron chi connectivity index (χ3n) is 3.86. The zero-order valence-electron chi connectivity index (χ0n) is 15.0. The minimum absolute atomic E-state index is 0.189. The zero-order valence-corrected chi connectivity index (χ0v) is 15.9. The Morgan fingerprint density at radius 1 is 1.15 bits per heavy atom. The molecule has 0 aliphatic heterocycles. The Hall–Kier alpha value is -2.67. The van der Waals surface area contributed by atoms with Crippen LogP contribution in [0.4, 0.5) is 5.00 Å². The van der Waals surface area contributed by atoms with E-state index in [0.717, 1.165) is 22.5 Å². The predicted octanol–water partition coefficient (Wildman–Crippen LogP) is 3.21. The summed E-state index contributed by atoms with van der Waals surface area (Å²) >= 11 is 0.993. The van der Waals surface area contributed by atoms with E-state index in [0.29, 0.717) is 17.0 Å². The number of esters is 1. The van der Waals surface area contributed by atoms with Crippen molar-refractivity contribution < 1.29 is 19.1 Å². The molecule has 138 valence electrons. The van der Waals surface area contributed by atoms with Crippen LogP contribution in [0.5, 0.6) is 0 Å². The van der Waals surface area contributed by atoms with Gasteiger partial charge in [0.25, 0.3) is 5.91 Å². The molecule has 0 fully saturated rings. The molecule has 1 heterocycles. The average molecular weight is 374 g/mol. The number of nitrogens with two attached hydrogens (primary N) is 1. The zero-order chi connectivity index (χ0) is 19.3. The van der Waals surface area contributed by atoms with Crippen molar-refractivity contribution in [2.75, 3.05) is 11.9 Å². The highest BCUT2D eigenvalue weighted by Gasteiger charge is 2.25. The van der Waals surface area contributed by atoms with Gasteiger partial charge in [0, 0.05) is 6.42 Å². The molecule has 7 heteroatoms. The number of rotatable bonds is 7. The summed E-state index contributed by atoms with van der Waals surface area (Å²) in [4.78, 5) is 36.3. The van der Waals surface area contributed by atoms with Gasteiger partial charge >= 0.3 is 5.97 Å². The molecule has 3 N–H and O–H groups in total. The number of hydrogen-bond acceptors (Lipinski definition) is 5. The molecule has 0 radical (unpaired) electrons. The molecule has 0 aliphatic rings. The maximum Gasteiger partial charge on any atom is 0.341 e. The van der Waals surface area contributed by atoms with Gasteiger partial charge in [-0.3, -0.25) is 9.59 Å². The van der Waals surface area contributed by atoms with Crippen LogP contribution in [0.3, 0.4) is 0 Å². The lowest BCUT2D eigenvalue weighted by Gasteiger charge is -2.07. The Labute approximate surface area is 156 Å². The van der Waals surface area contributed by atoms with Crippen LogP contribution in [0.1, 0.15) is 50.1 Å². The molecule has 1 aromatic heterocycles. The smallest absolute Gasteiger partial charge is 0.341 e. The number of carbonyl (C=O) groups is 3. The Balaban J connectivity index is 2.15. The second-order valence-electron chi connectivity index (χ2n) is 5.88. The van der Waals surface area contributed by atoms with Crippen molar-refractivity contribution in [3.8, 4) is 0 Å². The van der Waals surface area contributed by atoms with Crippen LogP contribution in [-0.4, -0.2) is 24.4 Å². The fourth-order valence-electron chi connectivity index (χ4n) is 2.49. The van der Waals surface area contributed by atoms with Crippen molar-refractivity contribution in [3.63, 3.8) is 0 Å². The summed E-state index contributed by atoms with van der Waals surface area (Å²) in [6.45, 7) is 5.50. The van der Waals surface area contributed by atoms with Gasteiger partial charge in [-0.1, -0.05) is 29.8 Å². The number of ether oxygens (including phenoxy) is 1. The molecule has 0 aliphatic carbocycles. The van der Waals surface area contributed by atoms with Crippen molar-refractivity contribution in [2.24, 2.45) is 5.73 Å². The Bertz CT molecular complexity index is 825. The Morgan fingerprint density at radius 2 is 1.81 bits per heavy atom. The Morgan fingerprint density at radius 3 is 2.38 bits per heavy atom. The van der Waals surface area contributed by atoms with Crippen molar-refractivity contribution >= 4 is 34.1 Å². The predicted molar refractivity (Wildman–Crippen MR) is 102 cm³/mol. The van der Waals surface area contributed by atoms with Crippen LogP contribution in [0.25, 0.3) is 0 Å². The van der Waals surface area contributed by atoms with Gasteiger partial charge in [0.2, 0.25) is 5.91 Å². The van der Waals surface area contributed by atoms with Crippen molar-refractivity contribution in [1.29, 1.82) is 0 Å². The van der Waals surface area contributed by atoms with Crippen molar-refractivity contribution in [2.45, 2.75) is 33.6 Å².